The van der Waals surface area contributed by atoms with Crippen molar-refractivity contribution in [2.75, 3.05) is 11.6 Å². The Kier molecular flexibility index (Phi) is 4.16. The summed E-state index contributed by atoms with van der Waals surface area (Å²) in [5.74, 6) is 1.88. The summed E-state index contributed by atoms with van der Waals surface area (Å²) in [4.78, 5) is 23.8. The number of amides is 2. The van der Waals surface area contributed by atoms with E-state index >= 15 is 0 Å². The van der Waals surface area contributed by atoms with Crippen LogP contribution in [-0.2, 0) is 9.59 Å². The Morgan fingerprint density at radius 3 is 3.00 bits per heavy atom. The second-order valence-corrected chi connectivity index (χ2v) is 4.48. The van der Waals surface area contributed by atoms with Crippen LogP contribution in [0.25, 0.3) is 0 Å². The first kappa shape index (κ1) is 13.8. The van der Waals surface area contributed by atoms with Crippen LogP contribution in [0, 0.1) is 19.3 Å². The highest BCUT2D eigenvalue weighted by Gasteiger charge is 2.25. The van der Waals surface area contributed by atoms with Crippen molar-refractivity contribution in [3.8, 4) is 12.3 Å². The molecule has 1 heterocycles. The number of terminal acetylenes is 1. The third-order valence-electron chi connectivity index (χ3n) is 2.89. The van der Waals surface area contributed by atoms with Crippen LogP contribution in [-0.4, -0.2) is 24.1 Å². The molecule has 2 amide bonds. The molecule has 5 heteroatoms. The Morgan fingerprint density at radius 2 is 2.30 bits per heavy atom. The fourth-order valence-corrected chi connectivity index (χ4v) is 1.91. The van der Waals surface area contributed by atoms with E-state index in [-0.39, 0.29) is 24.8 Å². The Hall–Kier alpha value is -2.61. The zero-order valence-corrected chi connectivity index (χ0v) is 11.2. The number of carbonyl (C=O) groups is 2. The van der Waals surface area contributed by atoms with E-state index in [4.69, 9.17) is 6.42 Å². The van der Waals surface area contributed by atoms with Crippen LogP contribution in [0.2, 0.25) is 0 Å². The summed E-state index contributed by atoms with van der Waals surface area (Å²) in [5, 5.41) is 7.98. The Bertz CT molecular complexity index is 614. The average molecular weight is 269 g/mol. The molecule has 0 saturated carbocycles. The predicted octanol–water partition coefficient (Wildman–Crippen LogP) is 1.23. The minimum absolute atomic E-state index is 0.121. The summed E-state index contributed by atoms with van der Waals surface area (Å²) in [6, 6.07) is 7.42. The van der Waals surface area contributed by atoms with Gasteiger partial charge in [-0.1, -0.05) is 18.1 Å². The molecule has 0 fully saturated rings. The molecule has 1 N–H and O–H groups in total. The minimum Gasteiger partial charge on any atom is -0.340 e. The lowest BCUT2D eigenvalue weighted by Crippen LogP contribution is -2.39. The maximum absolute atomic E-state index is 11.9. The second-order valence-electron chi connectivity index (χ2n) is 4.48. The highest BCUT2D eigenvalue weighted by atomic mass is 16.2. The quantitative estimate of drug-likeness (QED) is 0.839. The maximum Gasteiger partial charge on any atom is 0.268 e. The molecule has 0 aliphatic carbocycles. The normalized spacial score (nSPS) is 14.5. The van der Waals surface area contributed by atoms with Crippen LogP contribution in [0.3, 0.4) is 0 Å². The van der Waals surface area contributed by atoms with Crippen molar-refractivity contribution in [2.24, 2.45) is 5.10 Å². The fraction of sp³-hybridized carbons (Fsp3) is 0.267. The van der Waals surface area contributed by atoms with Gasteiger partial charge in [-0.25, -0.2) is 5.01 Å². The van der Waals surface area contributed by atoms with Crippen LogP contribution in [0.1, 0.15) is 18.4 Å². The van der Waals surface area contributed by atoms with Gasteiger partial charge in [-0.15, -0.1) is 6.42 Å². The summed E-state index contributed by atoms with van der Waals surface area (Å²) in [6.07, 6.45) is 5.69. The third kappa shape index (κ3) is 3.04. The molecule has 20 heavy (non-hydrogen) atoms. The highest BCUT2D eigenvalue weighted by molar-refractivity contribution is 6.40. The van der Waals surface area contributed by atoms with Crippen molar-refractivity contribution in [2.45, 2.75) is 19.8 Å². The molecule has 102 valence electrons. The molecule has 2 rings (SSSR count). The number of rotatable bonds is 3. The number of aryl methyl sites for hydroxylation is 1. The van der Waals surface area contributed by atoms with Gasteiger partial charge in [0.15, 0.2) is 0 Å². The Morgan fingerprint density at radius 1 is 1.50 bits per heavy atom. The molecule has 0 atom stereocenters. The molecule has 1 aliphatic rings. The third-order valence-corrected chi connectivity index (χ3v) is 2.89. The Labute approximate surface area is 117 Å². The number of carbonyl (C=O) groups excluding carboxylic acids is 2. The van der Waals surface area contributed by atoms with E-state index in [1.54, 1.807) is 6.07 Å². The SMILES string of the molecule is C#CCNC(=O)C1=NN(c2cccc(C)c2)C(=O)CC1. The summed E-state index contributed by atoms with van der Waals surface area (Å²) < 4.78 is 0. The number of hydrogen-bond acceptors (Lipinski definition) is 3. The van der Waals surface area contributed by atoms with Crippen molar-refractivity contribution >= 4 is 23.2 Å². The summed E-state index contributed by atoms with van der Waals surface area (Å²) in [5.41, 5.74) is 2.01. The second kappa shape index (κ2) is 6.02. The van der Waals surface area contributed by atoms with Crippen molar-refractivity contribution in [1.29, 1.82) is 0 Å². The topological polar surface area (TPSA) is 61.8 Å². The summed E-state index contributed by atoms with van der Waals surface area (Å²) >= 11 is 0. The molecule has 0 radical (unpaired) electrons. The van der Waals surface area contributed by atoms with Crippen LogP contribution in [0.15, 0.2) is 29.4 Å². The van der Waals surface area contributed by atoms with Gasteiger partial charge in [-0.2, -0.15) is 5.10 Å². The van der Waals surface area contributed by atoms with E-state index in [1.807, 2.05) is 25.1 Å². The van der Waals surface area contributed by atoms with Crippen LogP contribution < -0.4 is 10.3 Å². The molecule has 1 aromatic rings. The van der Waals surface area contributed by atoms with Crippen molar-refractivity contribution in [1.82, 2.24) is 5.32 Å². The van der Waals surface area contributed by atoms with Gasteiger partial charge < -0.3 is 5.32 Å². The predicted molar refractivity (Wildman–Crippen MR) is 77.2 cm³/mol. The van der Waals surface area contributed by atoms with Gasteiger partial charge in [-0.3, -0.25) is 9.59 Å². The van der Waals surface area contributed by atoms with Crippen molar-refractivity contribution in [3.63, 3.8) is 0 Å². The fourth-order valence-electron chi connectivity index (χ4n) is 1.91. The molecular weight excluding hydrogens is 254 g/mol. The zero-order valence-electron chi connectivity index (χ0n) is 11.2. The highest BCUT2D eigenvalue weighted by Crippen LogP contribution is 2.21. The van der Waals surface area contributed by atoms with Gasteiger partial charge >= 0.3 is 0 Å². The zero-order chi connectivity index (χ0) is 14.5. The summed E-state index contributed by atoms with van der Waals surface area (Å²) in [6.45, 7) is 2.08. The van der Waals surface area contributed by atoms with Crippen molar-refractivity contribution < 1.29 is 9.59 Å². The number of nitrogens with one attached hydrogen (secondary N) is 1. The number of hydrazone groups is 1. The van der Waals surface area contributed by atoms with Gasteiger partial charge in [0.2, 0.25) is 5.91 Å². The molecule has 1 aromatic carbocycles. The lowest BCUT2D eigenvalue weighted by molar-refractivity contribution is -0.118. The van der Waals surface area contributed by atoms with Gasteiger partial charge in [-0.05, 0) is 24.6 Å². The first-order chi connectivity index (χ1) is 9.61. The largest absolute Gasteiger partial charge is 0.340 e. The van der Waals surface area contributed by atoms with E-state index in [9.17, 15) is 9.59 Å². The van der Waals surface area contributed by atoms with E-state index < -0.39 is 0 Å². The van der Waals surface area contributed by atoms with Gasteiger partial charge in [0.1, 0.15) is 5.71 Å². The lowest BCUT2D eigenvalue weighted by Gasteiger charge is -2.23. The van der Waals surface area contributed by atoms with Crippen molar-refractivity contribution in [3.05, 3.63) is 29.8 Å². The Balaban J connectivity index is 2.25. The van der Waals surface area contributed by atoms with E-state index in [0.29, 0.717) is 17.8 Å². The van der Waals surface area contributed by atoms with Gasteiger partial charge in [0.25, 0.3) is 5.91 Å². The average Bonchev–Trinajstić information content (AvgIpc) is 2.45. The lowest BCUT2D eigenvalue weighted by atomic mass is 10.1. The molecule has 0 spiro atoms. The molecule has 5 nitrogen and oxygen atoms in total. The smallest absolute Gasteiger partial charge is 0.268 e. The van der Waals surface area contributed by atoms with Crippen LogP contribution >= 0.6 is 0 Å². The molecule has 0 bridgehead atoms. The molecule has 0 aromatic heterocycles. The number of benzene rings is 1. The molecule has 0 unspecified atom stereocenters. The number of nitrogens with zero attached hydrogens (tertiary/aromatic N) is 2. The van der Waals surface area contributed by atoms with E-state index in [2.05, 4.69) is 16.3 Å². The van der Waals surface area contributed by atoms with Crippen LogP contribution in [0.5, 0.6) is 0 Å². The maximum atomic E-state index is 11.9. The van der Waals surface area contributed by atoms with Gasteiger partial charge in [0, 0.05) is 12.8 Å². The monoisotopic (exact) mass is 269 g/mol. The van der Waals surface area contributed by atoms with E-state index in [0.717, 1.165) is 5.56 Å². The first-order valence-corrected chi connectivity index (χ1v) is 6.30. The molecule has 0 saturated heterocycles. The van der Waals surface area contributed by atoms with Gasteiger partial charge in [0.05, 0.1) is 12.2 Å². The standard InChI is InChI=1S/C15H15N3O2/c1-3-9-16-15(20)13-7-8-14(19)18(17-13)12-6-4-5-11(2)10-12/h1,4-6,10H,7-9H2,2H3,(H,16,20). The van der Waals surface area contributed by atoms with Crippen LogP contribution in [0.4, 0.5) is 5.69 Å². The van der Waals surface area contributed by atoms with E-state index in [1.165, 1.54) is 5.01 Å². The molecule has 1 aliphatic heterocycles. The minimum atomic E-state index is -0.326. The molecular formula is C15H15N3O2. The number of hydrogen-bond donors (Lipinski definition) is 1. The first-order valence-electron chi connectivity index (χ1n) is 6.30. The number of anilines is 1. The summed E-state index contributed by atoms with van der Waals surface area (Å²) in [7, 11) is 0.